The van der Waals surface area contributed by atoms with E-state index in [9.17, 15) is 14.4 Å². The van der Waals surface area contributed by atoms with Crippen LogP contribution in [0, 0.1) is 0 Å². The smallest absolute Gasteiger partial charge is 0.410 e. The molecule has 2 aliphatic rings. The Bertz CT molecular complexity index is 830. The highest BCUT2D eigenvalue weighted by Gasteiger charge is 2.38. The van der Waals surface area contributed by atoms with E-state index >= 15 is 0 Å². The summed E-state index contributed by atoms with van der Waals surface area (Å²) in [6, 6.07) is 7.08. The van der Waals surface area contributed by atoms with Crippen LogP contribution < -0.4 is 10.2 Å². The van der Waals surface area contributed by atoms with Crippen LogP contribution in [0.15, 0.2) is 24.3 Å². The second-order valence-electron chi connectivity index (χ2n) is 9.38. The number of carbonyl (C=O) groups excluding carboxylic acids is 3. The number of hydrogen-bond donors (Lipinski definition) is 1. The van der Waals surface area contributed by atoms with Gasteiger partial charge in [-0.3, -0.25) is 14.5 Å². The number of anilines is 2. The Morgan fingerprint density at radius 3 is 2.39 bits per heavy atom. The van der Waals surface area contributed by atoms with Gasteiger partial charge in [0.2, 0.25) is 11.8 Å². The van der Waals surface area contributed by atoms with Crippen molar-refractivity contribution in [2.45, 2.75) is 52.2 Å². The third-order valence-electron chi connectivity index (χ3n) is 5.72. The molecule has 0 unspecified atom stereocenters. The molecular formula is C24H36N4O5. The molecule has 1 atom stereocenters. The van der Waals surface area contributed by atoms with Crippen molar-refractivity contribution in [1.82, 2.24) is 9.80 Å². The molecule has 0 aromatic heterocycles. The van der Waals surface area contributed by atoms with Crippen molar-refractivity contribution >= 4 is 29.3 Å². The lowest BCUT2D eigenvalue weighted by atomic mass is 10.2. The Morgan fingerprint density at radius 2 is 1.79 bits per heavy atom. The lowest BCUT2D eigenvalue weighted by Crippen LogP contribution is -2.50. The van der Waals surface area contributed by atoms with E-state index < -0.39 is 17.7 Å². The third kappa shape index (κ3) is 6.83. The van der Waals surface area contributed by atoms with Crippen LogP contribution >= 0.6 is 0 Å². The molecule has 33 heavy (non-hydrogen) atoms. The van der Waals surface area contributed by atoms with Gasteiger partial charge >= 0.3 is 6.09 Å². The first-order valence-corrected chi connectivity index (χ1v) is 11.7. The Hall–Kier alpha value is -2.81. The molecule has 2 aliphatic heterocycles. The van der Waals surface area contributed by atoms with Crippen LogP contribution in [-0.4, -0.2) is 85.3 Å². The van der Waals surface area contributed by atoms with Gasteiger partial charge in [-0.1, -0.05) is 0 Å². The molecule has 1 aromatic carbocycles. The van der Waals surface area contributed by atoms with Crippen molar-refractivity contribution in [2.24, 2.45) is 0 Å². The Balaban J connectivity index is 1.56. The fourth-order valence-corrected chi connectivity index (χ4v) is 4.07. The summed E-state index contributed by atoms with van der Waals surface area (Å²) in [6.45, 7) is 11.1. The van der Waals surface area contributed by atoms with Gasteiger partial charge in [0.25, 0.3) is 0 Å². The molecule has 0 radical (unpaired) electrons. The van der Waals surface area contributed by atoms with E-state index in [0.717, 1.165) is 25.2 Å². The van der Waals surface area contributed by atoms with Gasteiger partial charge in [0.05, 0.1) is 19.8 Å². The van der Waals surface area contributed by atoms with Crippen LogP contribution in [-0.2, 0) is 19.1 Å². The first-order chi connectivity index (χ1) is 15.7. The number of hydrogen-bond acceptors (Lipinski definition) is 6. The average molecular weight is 461 g/mol. The monoisotopic (exact) mass is 460 g/mol. The van der Waals surface area contributed by atoms with E-state index in [1.165, 1.54) is 9.80 Å². The molecule has 1 aromatic rings. The van der Waals surface area contributed by atoms with Crippen LogP contribution in [0.2, 0.25) is 0 Å². The van der Waals surface area contributed by atoms with Crippen LogP contribution in [0.4, 0.5) is 16.2 Å². The Labute approximate surface area is 196 Å². The molecule has 0 bridgehead atoms. The molecule has 0 saturated carbocycles. The third-order valence-corrected chi connectivity index (χ3v) is 5.72. The minimum absolute atomic E-state index is 0.0702. The van der Waals surface area contributed by atoms with E-state index in [4.69, 9.17) is 9.47 Å². The van der Waals surface area contributed by atoms with Crippen molar-refractivity contribution < 1.29 is 23.9 Å². The Kier molecular flexibility index (Phi) is 8.18. The van der Waals surface area contributed by atoms with Gasteiger partial charge < -0.3 is 24.6 Å². The van der Waals surface area contributed by atoms with Gasteiger partial charge in [-0.05, 0) is 64.8 Å². The van der Waals surface area contributed by atoms with Crippen molar-refractivity contribution in [3.63, 3.8) is 0 Å². The van der Waals surface area contributed by atoms with Crippen LogP contribution in [0.1, 0.15) is 40.5 Å². The van der Waals surface area contributed by atoms with E-state index in [2.05, 4.69) is 10.2 Å². The summed E-state index contributed by atoms with van der Waals surface area (Å²) in [4.78, 5) is 43.6. The summed E-state index contributed by atoms with van der Waals surface area (Å²) in [5, 5.41) is 2.87. The van der Waals surface area contributed by atoms with Gasteiger partial charge in [-0.25, -0.2) is 4.79 Å². The second-order valence-corrected chi connectivity index (χ2v) is 9.38. The Morgan fingerprint density at radius 1 is 1.12 bits per heavy atom. The molecule has 0 aliphatic carbocycles. The topological polar surface area (TPSA) is 91.4 Å². The maximum absolute atomic E-state index is 13.1. The number of carbonyl (C=O) groups is 3. The molecular weight excluding hydrogens is 424 g/mol. The normalized spacial score (nSPS) is 18.7. The molecule has 9 heteroatoms. The number of benzene rings is 1. The molecule has 2 heterocycles. The van der Waals surface area contributed by atoms with E-state index in [1.54, 1.807) is 20.8 Å². The molecule has 3 rings (SSSR count). The first kappa shape index (κ1) is 24.8. The van der Waals surface area contributed by atoms with Crippen LogP contribution in [0.25, 0.3) is 0 Å². The maximum atomic E-state index is 13.1. The number of morpholine rings is 1. The predicted octanol–water partition coefficient (Wildman–Crippen LogP) is 2.71. The van der Waals surface area contributed by atoms with Crippen molar-refractivity contribution in [3.05, 3.63) is 24.3 Å². The molecule has 1 N–H and O–H groups in total. The minimum atomic E-state index is -0.630. The fraction of sp³-hybridized carbons (Fsp3) is 0.625. The standard InChI is InChI=1S/C24H36N4O5/c1-5-26(22(30)20-7-6-12-28(20)23(31)33-24(2,3)4)17-21(29)25-18-8-10-19(11-9-18)27-13-15-32-16-14-27/h8-11,20H,5-7,12-17H2,1-4H3,(H,25,29)/t20-/m0/s1. The molecule has 2 saturated heterocycles. The lowest BCUT2D eigenvalue weighted by molar-refractivity contribution is -0.138. The number of rotatable bonds is 6. The molecule has 9 nitrogen and oxygen atoms in total. The van der Waals surface area contributed by atoms with Crippen molar-refractivity contribution in [2.75, 3.05) is 56.2 Å². The van der Waals surface area contributed by atoms with Crippen molar-refractivity contribution in [3.8, 4) is 0 Å². The molecule has 3 amide bonds. The van der Waals surface area contributed by atoms with E-state index in [1.807, 2.05) is 31.2 Å². The van der Waals surface area contributed by atoms with E-state index in [0.29, 0.717) is 38.4 Å². The number of amides is 3. The zero-order valence-electron chi connectivity index (χ0n) is 20.1. The molecule has 2 fully saturated rings. The van der Waals surface area contributed by atoms with Gasteiger partial charge in [0.1, 0.15) is 11.6 Å². The largest absolute Gasteiger partial charge is 0.444 e. The number of ether oxygens (including phenoxy) is 2. The summed E-state index contributed by atoms with van der Waals surface area (Å²) in [5.41, 5.74) is 1.14. The van der Waals surface area contributed by atoms with Crippen LogP contribution in [0.5, 0.6) is 0 Å². The summed E-state index contributed by atoms with van der Waals surface area (Å²) in [5.74, 6) is -0.496. The van der Waals surface area contributed by atoms with Gasteiger partial charge in [-0.15, -0.1) is 0 Å². The van der Waals surface area contributed by atoms with Gasteiger partial charge in [0, 0.05) is 37.6 Å². The van der Waals surface area contributed by atoms with Gasteiger partial charge in [0.15, 0.2) is 0 Å². The average Bonchev–Trinajstić information content (AvgIpc) is 3.27. The zero-order valence-corrected chi connectivity index (χ0v) is 20.1. The second kappa shape index (κ2) is 10.9. The molecule has 0 spiro atoms. The summed E-state index contributed by atoms with van der Waals surface area (Å²) >= 11 is 0. The number of likely N-dealkylation sites (tertiary alicyclic amines) is 1. The lowest BCUT2D eigenvalue weighted by Gasteiger charge is -2.31. The summed E-state index contributed by atoms with van der Waals surface area (Å²) in [7, 11) is 0. The highest BCUT2D eigenvalue weighted by molar-refractivity contribution is 5.96. The fourth-order valence-electron chi connectivity index (χ4n) is 4.07. The van der Waals surface area contributed by atoms with Crippen LogP contribution in [0.3, 0.4) is 0 Å². The van der Waals surface area contributed by atoms with E-state index in [-0.39, 0.29) is 18.4 Å². The number of likely N-dealkylation sites (N-methyl/N-ethyl adjacent to an activating group) is 1. The van der Waals surface area contributed by atoms with Gasteiger partial charge in [-0.2, -0.15) is 0 Å². The predicted molar refractivity (Wildman–Crippen MR) is 126 cm³/mol. The maximum Gasteiger partial charge on any atom is 0.410 e. The number of nitrogens with one attached hydrogen (secondary N) is 1. The highest BCUT2D eigenvalue weighted by Crippen LogP contribution is 2.23. The first-order valence-electron chi connectivity index (χ1n) is 11.7. The minimum Gasteiger partial charge on any atom is -0.444 e. The zero-order chi connectivity index (χ0) is 24.0. The summed E-state index contributed by atoms with van der Waals surface area (Å²) < 4.78 is 10.8. The number of nitrogens with zero attached hydrogens (tertiary/aromatic N) is 3. The van der Waals surface area contributed by atoms with Crippen molar-refractivity contribution in [1.29, 1.82) is 0 Å². The highest BCUT2D eigenvalue weighted by atomic mass is 16.6. The molecule has 182 valence electrons. The summed E-state index contributed by atoms with van der Waals surface area (Å²) in [6.07, 6.45) is 0.813. The SMILES string of the molecule is CCN(CC(=O)Nc1ccc(N2CCOCC2)cc1)C(=O)[C@@H]1CCCN1C(=O)OC(C)(C)C. The quantitative estimate of drug-likeness (QED) is 0.702.